The van der Waals surface area contributed by atoms with Crippen molar-refractivity contribution in [2.45, 2.75) is 6.04 Å². The van der Waals surface area contributed by atoms with Crippen LogP contribution in [0.4, 0.5) is 0 Å². The third kappa shape index (κ3) is 3.90. The highest BCUT2D eigenvalue weighted by atomic mass is 16.5. The summed E-state index contributed by atoms with van der Waals surface area (Å²) in [5.74, 6) is 0.375. The van der Waals surface area contributed by atoms with Crippen molar-refractivity contribution in [1.82, 2.24) is 0 Å². The summed E-state index contributed by atoms with van der Waals surface area (Å²) < 4.78 is 10.5. The number of hydrogen-bond donors (Lipinski definition) is 1. The molecule has 2 aromatic rings. The van der Waals surface area contributed by atoms with Crippen molar-refractivity contribution in [3.05, 3.63) is 65.7 Å². The fourth-order valence-electron chi connectivity index (χ4n) is 2.01. The lowest BCUT2D eigenvalue weighted by molar-refractivity contribution is 0.0953. The second kappa shape index (κ2) is 7.57. The van der Waals surface area contributed by atoms with Gasteiger partial charge in [-0.3, -0.25) is 4.79 Å². The summed E-state index contributed by atoms with van der Waals surface area (Å²) in [5, 5.41) is 0. The Labute approximate surface area is 124 Å². The first kappa shape index (κ1) is 15.2. The van der Waals surface area contributed by atoms with Crippen LogP contribution in [0.3, 0.4) is 0 Å². The van der Waals surface area contributed by atoms with Gasteiger partial charge in [0.2, 0.25) is 0 Å². The van der Waals surface area contributed by atoms with Crippen LogP contribution in [-0.2, 0) is 4.74 Å². The number of ether oxygens (including phenoxy) is 2. The van der Waals surface area contributed by atoms with Gasteiger partial charge in [0.05, 0.1) is 18.2 Å². The minimum Gasteiger partial charge on any atom is -0.490 e. The summed E-state index contributed by atoms with van der Waals surface area (Å²) in [7, 11) is 1.60. The van der Waals surface area contributed by atoms with Crippen LogP contribution in [0, 0.1) is 0 Å². The van der Waals surface area contributed by atoms with Gasteiger partial charge in [0.25, 0.3) is 0 Å². The third-order valence-corrected chi connectivity index (χ3v) is 3.14. The smallest absolute Gasteiger partial charge is 0.187 e. The van der Waals surface area contributed by atoms with Crippen molar-refractivity contribution in [3.8, 4) is 5.75 Å². The average Bonchev–Trinajstić information content (AvgIpc) is 2.55. The largest absolute Gasteiger partial charge is 0.490 e. The molecule has 2 aromatic carbocycles. The quantitative estimate of drug-likeness (QED) is 0.627. The van der Waals surface area contributed by atoms with E-state index in [1.807, 2.05) is 36.4 Å². The molecule has 21 heavy (non-hydrogen) atoms. The number of Topliss-reactive ketones (excluding diaryl/α,β-unsaturated/α-hetero) is 1. The molecule has 4 heteroatoms. The number of para-hydroxylation sites is 1. The molecule has 0 aliphatic carbocycles. The lowest BCUT2D eigenvalue weighted by Crippen LogP contribution is -2.22. The summed E-state index contributed by atoms with van der Waals surface area (Å²) >= 11 is 0. The number of nitrogens with two attached hydrogens (primary N) is 1. The minimum atomic E-state index is -0.696. The molecular formula is C17H19NO3. The van der Waals surface area contributed by atoms with Crippen molar-refractivity contribution in [1.29, 1.82) is 0 Å². The van der Waals surface area contributed by atoms with Gasteiger partial charge in [0.1, 0.15) is 12.4 Å². The van der Waals surface area contributed by atoms with Crippen LogP contribution in [0.2, 0.25) is 0 Å². The first-order chi connectivity index (χ1) is 10.2. The van der Waals surface area contributed by atoms with E-state index in [1.165, 1.54) is 0 Å². The van der Waals surface area contributed by atoms with Crippen LogP contribution in [0.5, 0.6) is 5.75 Å². The molecule has 0 aromatic heterocycles. The summed E-state index contributed by atoms with van der Waals surface area (Å²) in [6.45, 7) is 0.856. The van der Waals surface area contributed by atoms with Crippen molar-refractivity contribution < 1.29 is 14.3 Å². The van der Waals surface area contributed by atoms with E-state index in [0.717, 1.165) is 5.56 Å². The maximum Gasteiger partial charge on any atom is 0.187 e. The van der Waals surface area contributed by atoms with Crippen molar-refractivity contribution in [2.24, 2.45) is 5.73 Å². The van der Waals surface area contributed by atoms with E-state index >= 15 is 0 Å². The number of carbonyl (C=O) groups excluding carboxylic acids is 1. The van der Waals surface area contributed by atoms with E-state index in [9.17, 15) is 4.79 Å². The Bertz CT molecular complexity index is 584. The number of ketones is 1. The lowest BCUT2D eigenvalue weighted by atomic mass is 9.98. The Kier molecular flexibility index (Phi) is 5.49. The molecule has 1 atom stereocenters. The van der Waals surface area contributed by atoms with E-state index in [2.05, 4.69) is 0 Å². The summed E-state index contributed by atoms with van der Waals surface area (Å²) in [6, 6.07) is 15.7. The Hall–Kier alpha value is -2.17. The maximum atomic E-state index is 12.6. The highest BCUT2D eigenvalue weighted by Crippen LogP contribution is 2.24. The molecule has 110 valence electrons. The molecule has 2 rings (SSSR count). The molecule has 4 nitrogen and oxygen atoms in total. The van der Waals surface area contributed by atoms with E-state index in [-0.39, 0.29) is 5.78 Å². The Morgan fingerprint density at radius 2 is 1.71 bits per heavy atom. The number of benzene rings is 2. The van der Waals surface area contributed by atoms with Gasteiger partial charge in [-0.1, -0.05) is 42.5 Å². The standard InChI is InChI=1S/C17H19NO3/c1-20-11-12-21-15-10-6-5-9-14(15)17(19)16(18)13-7-3-2-4-8-13/h2-10,16H,11-12,18H2,1H3. The fourth-order valence-corrected chi connectivity index (χ4v) is 2.01. The second-order valence-corrected chi connectivity index (χ2v) is 4.59. The van der Waals surface area contributed by atoms with Crippen LogP contribution >= 0.6 is 0 Å². The molecule has 2 N–H and O–H groups in total. The molecule has 0 amide bonds. The Balaban J connectivity index is 2.19. The summed E-state index contributed by atoms with van der Waals surface area (Å²) in [4.78, 5) is 12.6. The van der Waals surface area contributed by atoms with E-state index in [1.54, 1.807) is 25.3 Å². The van der Waals surface area contributed by atoms with Crippen LogP contribution in [0.1, 0.15) is 22.0 Å². The molecule has 0 heterocycles. The maximum absolute atomic E-state index is 12.6. The second-order valence-electron chi connectivity index (χ2n) is 4.59. The number of hydrogen-bond acceptors (Lipinski definition) is 4. The molecule has 0 saturated heterocycles. The van der Waals surface area contributed by atoms with Crippen molar-refractivity contribution in [3.63, 3.8) is 0 Å². The third-order valence-electron chi connectivity index (χ3n) is 3.14. The molecule has 0 aliphatic heterocycles. The van der Waals surface area contributed by atoms with Gasteiger partial charge in [-0.25, -0.2) is 0 Å². The zero-order valence-electron chi connectivity index (χ0n) is 12.0. The average molecular weight is 285 g/mol. The fraction of sp³-hybridized carbons (Fsp3) is 0.235. The van der Waals surface area contributed by atoms with Crippen molar-refractivity contribution >= 4 is 5.78 Å². The van der Waals surface area contributed by atoms with E-state index in [4.69, 9.17) is 15.2 Å². The van der Waals surface area contributed by atoms with Gasteiger partial charge in [0, 0.05) is 7.11 Å². The first-order valence-corrected chi connectivity index (χ1v) is 6.79. The SMILES string of the molecule is COCCOc1ccccc1C(=O)C(N)c1ccccc1. The first-order valence-electron chi connectivity index (χ1n) is 6.79. The molecular weight excluding hydrogens is 266 g/mol. The van der Waals surface area contributed by atoms with Gasteiger partial charge >= 0.3 is 0 Å². The van der Waals surface area contributed by atoms with E-state index < -0.39 is 6.04 Å². The number of methoxy groups -OCH3 is 1. The highest BCUT2D eigenvalue weighted by Gasteiger charge is 2.20. The van der Waals surface area contributed by atoms with Gasteiger partial charge in [0.15, 0.2) is 5.78 Å². The zero-order valence-corrected chi connectivity index (χ0v) is 12.0. The predicted octanol–water partition coefficient (Wildman–Crippen LogP) is 2.59. The zero-order chi connectivity index (χ0) is 15.1. The summed E-state index contributed by atoms with van der Waals surface area (Å²) in [6.07, 6.45) is 0. The molecule has 0 saturated carbocycles. The number of carbonyl (C=O) groups is 1. The van der Waals surface area contributed by atoms with Crippen LogP contribution in [0.25, 0.3) is 0 Å². The van der Waals surface area contributed by atoms with Crippen LogP contribution in [0.15, 0.2) is 54.6 Å². The van der Waals surface area contributed by atoms with Crippen LogP contribution in [-0.4, -0.2) is 26.1 Å². The molecule has 1 unspecified atom stereocenters. The van der Waals surface area contributed by atoms with E-state index in [0.29, 0.717) is 24.5 Å². The molecule has 0 aliphatic rings. The monoisotopic (exact) mass is 285 g/mol. The lowest BCUT2D eigenvalue weighted by Gasteiger charge is -2.14. The normalized spacial score (nSPS) is 11.9. The van der Waals surface area contributed by atoms with Gasteiger partial charge < -0.3 is 15.2 Å². The molecule has 0 radical (unpaired) electrons. The topological polar surface area (TPSA) is 61.5 Å². The van der Waals surface area contributed by atoms with Gasteiger partial charge in [-0.15, -0.1) is 0 Å². The predicted molar refractivity (Wildman–Crippen MR) is 81.5 cm³/mol. The molecule has 0 bridgehead atoms. The van der Waals surface area contributed by atoms with Gasteiger partial charge in [-0.2, -0.15) is 0 Å². The summed E-state index contributed by atoms with van der Waals surface area (Å²) in [5.41, 5.74) is 7.34. The Morgan fingerprint density at radius 1 is 1.05 bits per heavy atom. The van der Waals surface area contributed by atoms with Gasteiger partial charge in [-0.05, 0) is 17.7 Å². The minimum absolute atomic E-state index is 0.158. The molecule has 0 spiro atoms. The molecule has 0 fully saturated rings. The van der Waals surface area contributed by atoms with Crippen molar-refractivity contribution in [2.75, 3.05) is 20.3 Å². The number of rotatable bonds is 7. The highest BCUT2D eigenvalue weighted by molar-refractivity contribution is 6.02. The Morgan fingerprint density at radius 3 is 2.43 bits per heavy atom. The van der Waals surface area contributed by atoms with Crippen LogP contribution < -0.4 is 10.5 Å².